The molecule has 0 spiro atoms. The maximum Gasteiger partial charge on any atom is 0.255 e. The fourth-order valence-electron chi connectivity index (χ4n) is 2.71. The quantitative estimate of drug-likeness (QED) is 0.639. The molecular formula is C21H18ClNO4S. The van der Waals surface area contributed by atoms with Crippen molar-refractivity contribution in [3.8, 4) is 5.75 Å². The minimum absolute atomic E-state index is 0.196. The molecule has 0 unspecified atom stereocenters. The van der Waals surface area contributed by atoms with Crippen molar-refractivity contribution in [1.82, 2.24) is 0 Å². The highest BCUT2D eigenvalue weighted by atomic mass is 35.5. The van der Waals surface area contributed by atoms with Gasteiger partial charge in [-0.05, 0) is 48.0 Å². The van der Waals surface area contributed by atoms with E-state index in [2.05, 4.69) is 5.32 Å². The molecule has 0 saturated heterocycles. The molecule has 0 bridgehead atoms. The Balaban J connectivity index is 1.82. The normalized spacial score (nSPS) is 11.1. The van der Waals surface area contributed by atoms with Crippen molar-refractivity contribution >= 4 is 33.0 Å². The molecule has 1 N–H and O–H groups in total. The molecule has 0 aliphatic rings. The average molecular weight is 416 g/mol. The Labute approximate surface area is 168 Å². The van der Waals surface area contributed by atoms with E-state index >= 15 is 0 Å². The molecule has 0 radical (unpaired) electrons. The number of amides is 1. The van der Waals surface area contributed by atoms with Gasteiger partial charge in [-0.1, -0.05) is 41.9 Å². The van der Waals surface area contributed by atoms with Gasteiger partial charge in [0, 0.05) is 10.6 Å². The van der Waals surface area contributed by atoms with Gasteiger partial charge in [0.25, 0.3) is 5.91 Å². The number of carbonyl (C=O) groups excluding carboxylic acids is 1. The van der Waals surface area contributed by atoms with Crippen molar-refractivity contribution < 1.29 is 17.9 Å². The fourth-order valence-corrected chi connectivity index (χ4v) is 4.23. The van der Waals surface area contributed by atoms with Gasteiger partial charge in [0.15, 0.2) is 9.84 Å². The number of anilines is 1. The number of methoxy groups -OCH3 is 1. The number of rotatable bonds is 6. The van der Waals surface area contributed by atoms with Crippen LogP contribution in [0, 0.1) is 0 Å². The van der Waals surface area contributed by atoms with E-state index in [4.69, 9.17) is 16.3 Å². The topological polar surface area (TPSA) is 72.5 Å². The molecule has 0 aliphatic carbocycles. The molecule has 5 nitrogen and oxygen atoms in total. The summed E-state index contributed by atoms with van der Waals surface area (Å²) in [5, 5.41) is 3.20. The number of sulfone groups is 1. The van der Waals surface area contributed by atoms with E-state index in [0.29, 0.717) is 27.6 Å². The molecule has 1 amide bonds. The van der Waals surface area contributed by atoms with E-state index in [1.807, 2.05) is 0 Å². The molecule has 3 rings (SSSR count). The summed E-state index contributed by atoms with van der Waals surface area (Å²) in [5.74, 6) is -0.112. The Morgan fingerprint density at radius 2 is 1.75 bits per heavy atom. The number of ether oxygens (including phenoxy) is 1. The Hall–Kier alpha value is -2.83. The number of hydrogen-bond acceptors (Lipinski definition) is 4. The summed E-state index contributed by atoms with van der Waals surface area (Å²) in [5.41, 5.74) is 1.29. The van der Waals surface area contributed by atoms with Gasteiger partial charge in [-0.15, -0.1) is 0 Å². The van der Waals surface area contributed by atoms with Crippen LogP contribution in [0.1, 0.15) is 15.9 Å². The van der Waals surface area contributed by atoms with Crippen LogP contribution in [0.5, 0.6) is 5.75 Å². The second kappa shape index (κ2) is 8.46. The smallest absolute Gasteiger partial charge is 0.255 e. The average Bonchev–Trinajstić information content (AvgIpc) is 2.69. The first-order chi connectivity index (χ1) is 13.4. The Morgan fingerprint density at radius 1 is 1.00 bits per heavy atom. The molecule has 0 aromatic heterocycles. The molecule has 7 heteroatoms. The van der Waals surface area contributed by atoms with Crippen LogP contribution in [0.4, 0.5) is 5.69 Å². The lowest BCUT2D eigenvalue weighted by molar-refractivity contribution is 0.102. The highest BCUT2D eigenvalue weighted by Gasteiger charge is 2.16. The molecule has 3 aromatic rings. The molecule has 3 aromatic carbocycles. The maximum atomic E-state index is 12.6. The van der Waals surface area contributed by atoms with Gasteiger partial charge in [0.2, 0.25) is 0 Å². The lowest BCUT2D eigenvalue weighted by atomic mass is 10.1. The SMILES string of the molecule is COc1ccc(Cl)cc1NC(=O)c1cccc(CS(=O)(=O)c2ccccc2)c1. The third-order valence-electron chi connectivity index (χ3n) is 4.06. The van der Waals surface area contributed by atoms with Crippen molar-refractivity contribution in [2.45, 2.75) is 10.6 Å². The highest BCUT2D eigenvalue weighted by molar-refractivity contribution is 7.90. The van der Waals surface area contributed by atoms with Gasteiger partial charge < -0.3 is 10.1 Å². The zero-order valence-corrected chi connectivity index (χ0v) is 16.6. The third kappa shape index (κ3) is 4.71. The standard InChI is InChI=1S/C21H18ClNO4S/c1-27-20-11-10-17(22)13-19(20)23-21(24)16-7-5-6-15(12-16)14-28(25,26)18-8-3-2-4-9-18/h2-13H,14H2,1H3,(H,23,24). The second-order valence-electron chi connectivity index (χ2n) is 6.07. The van der Waals surface area contributed by atoms with Crippen LogP contribution < -0.4 is 10.1 Å². The Morgan fingerprint density at radius 3 is 2.46 bits per heavy atom. The molecule has 0 atom stereocenters. The molecule has 144 valence electrons. The zero-order valence-electron chi connectivity index (χ0n) is 15.1. The zero-order chi connectivity index (χ0) is 20.1. The van der Waals surface area contributed by atoms with Crippen LogP contribution in [0.3, 0.4) is 0 Å². The summed E-state index contributed by atoms with van der Waals surface area (Å²) in [6.07, 6.45) is 0. The monoisotopic (exact) mass is 415 g/mol. The fraction of sp³-hybridized carbons (Fsp3) is 0.0952. The molecule has 28 heavy (non-hydrogen) atoms. The summed E-state index contributed by atoms with van der Waals surface area (Å²) in [6.45, 7) is 0. The van der Waals surface area contributed by atoms with Crippen molar-refractivity contribution in [1.29, 1.82) is 0 Å². The Bertz CT molecular complexity index is 1100. The van der Waals surface area contributed by atoms with Gasteiger partial charge in [0.05, 0.1) is 23.4 Å². The first-order valence-electron chi connectivity index (χ1n) is 8.41. The minimum atomic E-state index is -3.50. The van der Waals surface area contributed by atoms with E-state index < -0.39 is 9.84 Å². The number of benzene rings is 3. The largest absolute Gasteiger partial charge is 0.495 e. The number of hydrogen-bond donors (Lipinski definition) is 1. The minimum Gasteiger partial charge on any atom is -0.495 e. The Kier molecular flexibility index (Phi) is 6.02. The van der Waals surface area contributed by atoms with Crippen molar-refractivity contribution in [2.24, 2.45) is 0 Å². The van der Waals surface area contributed by atoms with Gasteiger partial charge >= 0.3 is 0 Å². The number of halogens is 1. The predicted octanol–water partition coefficient (Wildman–Crippen LogP) is 4.57. The number of carbonyl (C=O) groups is 1. The third-order valence-corrected chi connectivity index (χ3v) is 6.00. The van der Waals surface area contributed by atoms with Crippen LogP contribution in [0.15, 0.2) is 77.7 Å². The van der Waals surface area contributed by atoms with Crippen molar-refractivity contribution in [2.75, 3.05) is 12.4 Å². The van der Waals surface area contributed by atoms with Crippen LogP contribution in [-0.4, -0.2) is 21.4 Å². The lowest BCUT2D eigenvalue weighted by Gasteiger charge is -2.11. The van der Waals surface area contributed by atoms with Gasteiger partial charge in [-0.25, -0.2) is 8.42 Å². The molecular weight excluding hydrogens is 398 g/mol. The first-order valence-corrected chi connectivity index (χ1v) is 10.4. The number of nitrogens with one attached hydrogen (secondary N) is 1. The summed E-state index contributed by atoms with van der Waals surface area (Å²) < 4.78 is 30.3. The van der Waals surface area contributed by atoms with E-state index in [-0.39, 0.29) is 16.6 Å². The summed E-state index contributed by atoms with van der Waals surface area (Å²) in [7, 11) is -2.01. The van der Waals surface area contributed by atoms with Gasteiger partial charge in [-0.3, -0.25) is 4.79 Å². The molecule has 0 aliphatic heterocycles. The van der Waals surface area contributed by atoms with Crippen LogP contribution in [0.25, 0.3) is 0 Å². The van der Waals surface area contributed by atoms with E-state index in [9.17, 15) is 13.2 Å². The highest BCUT2D eigenvalue weighted by Crippen LogP contribution is 2.28. The van der Waals surface area contributed by atoms with E-state index in [1.165, 1.54) is 7.11 Å². The lowest BCUT2D eigenvalue weighted by Crippen LogP contribution is -2.13. The van der Waals surface area contributed by atoms with E-state index in [1.54, 1.807) is 72.8 Å². The second-order valence-corrected chi connectivity index (χ2v) is 8.50. The van der Waals surface area contributed by atoms with Crippen molar-refractivity contribution in [3.05, 3.63) is 88.9 Å². The maximum absolute atomic E-state index is 12.6. The van der Waals surface area contributed by atoms with Crippen LogP contribution in [-0.2, 0) is 15.6 Å². The van der Waals surface area contributed by atoms with Gasteiger partial charge in [0.1, 0.15) is 5.75 Å². The molecule has 0 fully saturated rings. The summed E-state index contributed by atoms with van der Waals surface area (Å²) in [6, 6.07) is 19.6. The predicted molar refractivity (Wildman–Crippen MR) is 110 cm³/mol. The first kappa shape index (κ1) is 19.9. The van der Waals surface area contributed by atoms with Crippen LogP contribution >= 0.6 is 11.6 Å². The van der Waals surface area contributed by atoms with Crippen LogP contribution in [0.2, 0.25) is 5.02 Å². The van der Waals surface area contributed by atoms with Crippen molar-refractivity contribution in [3.63, 3.8) is 0 Å². The van der Waals surface area contributed by atoms with Gasteiger partial charge in [-0.2, -0.15) is 0 Å². The molecule has 0 heterocycles. The van der Waals surface area contributed by atoms with E-state index in [0.717, 1.165) is 0 Å². The summed E-state index contributed by atoms with van der Waals surface area (Å²) >= 11 is 5.99. The molecule has 0 saturated carbocycles. The summed E-state index contributed by atoms with van der Waals surface area (Å²) in [4.78, 5) is 12.9.